The lowest BCUT2D eigenvalue weighted by Gasteiger charge is -2.24. The number of allylic oxidation sites excluding steroid dienone is 6. The van der Waals surface area contributed by atoms with Gasteiger partial charge in [0.2, 0.25) is 5.91 Å². The Morgan fingerprint density at radius 2 is 1.88 bits per heavy atom. The van der Waals surface area contributed by atoms with Gasteiger partial charge in [-0.15, -0.1) is 5.10 Å². The quantitative estimate of drug-likeness (QED) is 0.0969. The van der Waals surface area contributed by atoms with Crippen molar-refractivity contribution in [3.8, 4) is 0 Å². The number of aryl methyl sites for hydroxylation is 1. The molecule has 1 amide bonds. The molecule has 6 nitrogen and oxygen atoms in total. The van der Waals surface area contributed by atoms with Crippen LogP contribution in [0.5, 0.6) is 0 Å². The molecule has 1 aromatic heterocycles. The second-order valence-corrected chi connectivity index (χ2v) is 10.9. The maximum atomic E-state index is 12.4. The third-order valence-electron chi connectivity index (χ3n) is 5.84. The summed E-state index contributed by atoms with van der Waals surface area (Å²) in [6, 6.07) is 3.71. The first kappa shape index (κ1) is 34.7. The number of ether oxygens (including phenoxy) is 1. The van der Waals surface area contributed by atoms with E-state index >= 15 is 0 Å². The molecule has 0 aliphatic heterocycles. The fourth-order valence-electron chi connectivity index (χ4n) is 3.54. The van der Waals surface area contributed by atoms with Crippen LogP contribution < -0.4 is 5.32 Å². The molecule has 0 aliphatic rings. The molecule has 0 bridgehead atoms. The second kappa shape index (κ2) is 19.7. The number of nitrogens with one attached hydrogen (secondary N) is 1. The number of hydrogen-bond acceptors (Lipinski definition) is 6. The summed E-state index contributed by atoms with van der Waals surface area (Å²) >= 11 is 1.59. The van der Waals surface area contributed by atoms with E-state index in [1.165, 1.54) is 0 Å². The number of unbranched alkanes of at least 4 members (excludes halogenated alkanes) is 1. The van der Waals surface area contributed by atoms with E-state index in [-0.39, 0.29) is 12.3 Å². The first-order valence-electron chi connectivity index (χ1n) is 14.0. The van der Waals surface area contributed by atoms with Crippen molar-refractivity contribution in [1.29, 1.82) is 0 Å². The Kier molecular flexibility index (Phi) is 17.1. The van der Waals surface area contributed by atoms with E-state index in [1.54, 1.807) is 17.8 Å². The fourth-order valence-corrected chi connectivity index (χ4v) is 4.38. The zero-order valence-corrected chi connectivity index (χ0v) is 26.0. The Morgan fingerprint density at radius 3 is 2.50 bits per heavy atom. The van der Waals surface area contributed by atoms with Crippen molar-refractivity contribution in [2.45, 2.75) is 79.1 Å². The van der Waals surface area contributed by atoms with E-state index in [0.29, 0.717) is 18.8 Å². The molecule has 1 heterocycles. The van der Waals surface area contributed by atoms with Crippen LogP contribution >= 0.6 is 11.8 Å². The number of aromatic nitrogens is 2. The van der Waals surface area contributed by atoms with Gasteiger partial charge in [-0.3, -0.25) is 4.79 Å². The van der Waals surface area contributed by atoms with Gasteiger partial charge in [-0.2, -0.15) is 5.10 Å². The summed E-state index contributed by atoms with van der Waals surface area (Å²) in [5, 5.41) is 12.2. The number of nitrogens with zero attached hydrogens (tertiary/aromatic N) is 3. The molecule has 0 spiro atoms. The molecule has 0 unspecified atom stereocenters. The van der Waals surface area contributed by atoms with Crippen LogP contribution in [0.3, 0.4) is 0 Å². The summed E-state index contributed by atoms with van der Waals surface area (Å²) in [6.45, 7) is 25.3. The van der Waals surface area contributed by atoms with Crippen molar-refractivity contribution in [2.75, 3.05) is 19.0 Å². The number of carbonyl (C=O) groups is 1. The number of amides is 1. The topological polar surface area (TPSA) is 67.4 Å². The van der Waals surface area contributed by atoms with Crippen LogP contribution in [0.4, 0.5) is 5.82 Å². The second-order valence-electron chi connectivity index (χ2n) is 9.68. The minimum Gasteiger partial charge on any atom is -0.494 e. The molecule has 0 radical (unpaired) electrons. The Hall–Kier alpha value is -3.32. The highest BCUT2D eigenvalue weighted by Crippen LogP contribution is 2.31. The molecule has 1 rings (SSSR count). The van der Waals surface area contributed by atoms with Crippen LogP contribution in [-0.2, 0) is 16.0 Å². The minimum atomic E-state index is -0.133. The van der Waals surface area contributed by atoms with Gasteiger partial charge in [-0.25, -0.2) is 0 Å². The van der Waals surface area contributed by atoms with Crippen molar-refractivity contribution >= 4 is 23.5 Å². The Bertz CT molecular complexity index is 1100. The third kappa shape index (κ3) is 14.7. The van der Waals surface area contributed by atoms with Crippen molar-refractivity contribution in [1.82, 2.24) is 15.1 Å². The van der Waals surface area contributed by atoms with Gasteiger partial charge in [-0.1, -0.05) is 69.7 Å². The van der Waals surface area contributed by atoms with E-state index in [9.17, 15) is 4.79 Å². The highest BCUT2D eigenvalue weighted by Gasteiger charge is 2.10. The summed E-state index contributed by atoms with van der Waals surface area (Å²) in [4.78, 5) is 15.5. The highest BCUT2D eigenvalue weighted by molar-refractivity contribution is 8.06. The summed E-state index contributed by atoms with van der Waals surface area (Å²) in [6.07, 6.45) is 14.5. The normalized spacial score (nSPS) is 11.8. The molecule has 0 aromatic carbocycles. The molecule has 0 aliphatic carbocycles. The summed E-state index contributed by atoms with van der Waals surface area (Å²) in [5.41, 5.74) is 3.81. The lowest BCUT2D eigenvalue weighted by atomic mass is 10.1. The molecular formula is C33H48N4O2S. The predicted octanol–water partition coefficient (Wildman–Crippen LogP) is 8.87. The Morgan fingerprint density at radius 1 is 1.12 bits per heavy atom. The SMILES string of the molecule is C=C(/C=C\CC)CC(=C)N(C)C(=C)SC(=C)CCCCc1ccc(NC(=O)C/C(C)=C/C(=C\C)OCCC)nn1. The van der Waals surface area contributed by atoms with Crippen molar-refractivity contribution in [2.24, 2.45) is 0 Å². The summed E-state index contributed by atoms with van der Waals surface area (Å²) in [7, 11) is 1.98. The average Bonchev–Trinajstić information content (AvgIpc) is 2.92. The minimum absolute atomic E-state index is 0.133. The molecule has 0 fully saturated rings. The van der Waals surface area contributed by atoms with Crippen molar-refractivity contribution < 1.29 is 9.53 Å². The largest absolute Gasteiger partial charge is 0.494 e. The lowest BCUT2D eigenvalue weighted by Crippen LogP contribution is -2.14. The van der Waals surface area contributed by atoms with Gasteiger partial charge in [0.05, 0.1) is 17.3 Å². The van der Waals surface area contributed by atoms with Crippen LogP contribution in [0.25, 0.3) is 0 Å². The molecule has 0 saturated heterocycles. The highest BCUT2D eigenvalue weighted by atomic mass is 32.2. The zero-order chi connectivity index (χ0) is 29.9. The van der Waals surface area contributed by atoms with Gasteiger partial charge < -0.3 is 15.0 Å². The van der Waals surface area contributed by atoms with Crippen molar-refractivity contribution in [3.05, 3.63) is 101 Å². The van der Waals surface area contributed by atoms with E-state index in [4.69, 9.17) is 4.74 Å². The van der Waals surface area contributed by atoms with Gasteiger partial charge >= 0.3 is 0 Å². The number of anilines is 1. The van der Waals surface area contributed by atoms with Crippen LogP contribution in [0.15, 0.2) is 95.3 Å². The first-order chi connectivity index (χ1) is 19.1. The first-order valence-corrected chi connectivity index (χ1v) is 14.8. The lowest BCUT2D eigenvalue weighted by molar-refractivity contribution is -0.115. The van der Waals surface area contributed by atoms with E-state index < -0.39 is 0 Å². The van der Waals surface area contributed by atoms with Gasteiger partial charge in [0.1, 0.15) is 5.76 Å². The number of carbonyl (C=O) groups excluding carboxylic acids is 1. The Balaban J connectivity index is 2.39. The van der Waals surface area contributed by atoms with Gasteiger partial charge in [0, 0.05) is 25.6 Å². The van der Waals surface area contributed by atoms with Crippen LogP contribution in [0.1, 0.15) is 78.3 Å². The number of rotatable bonds is 20. The maximum absolute atomic E-state index is 12.4. The van der Waals surface area contributed by atoms with Crippen molar-refractivity contribution in [3.63, 3.8) is 0 Å². The molecule has 1 aromatic rings. The number of hydrogen-bond donors (Lipinski definition) is 1. The molecule has 7 heteroatoms. The zero-order valence-electron chi connectivity index (χ0n) is 25.2. The molecule has 0 atom stereocenters. The van der Waals surface area contributed by atoms with Gasteiger partial charge in [0.25, 0.3) is 0 Å². The standard InChI is InChI=1S/C33H48N4O2S/c1-10-13-16-25(4)22-27(6)37(9)29(8)40-28(7)17-14-15-18-30-19-20-32(36-35-30)34-33(38)24-26(5)23-31(12-3)39-21-11-2/h12-13,16,19-20,23H,4,6-8,10-11,14-15,17-18,21-22,24H2,1-3,5,9H3,(H,34,36,38)/b16-13-,26-23+,31-12+. The molecule has 218 valence electrons. The van der Waals surface area contributed by atoms with Crippen LogP contribution in [0.2, 0.25) is 0 Å². The summed E-state index contributed by atoms with van der Waals surface area (Å²) < 4.78 is 5.64. The van der Waals surface area contributed by atoms with E-state index in [1.807, 2.05) is 50.1 Å². The Labute approximate surface area is 246 Å². The van der Waals surface area contributed by atoms with Crippen LogP contribution in [-0.4, -0.2) is 34.7 Å². The smallest absolute Gasteiger partial charge is 0.229 e. The molecule has 40 heavy (non-hydrogen) atoms. The molecule has 1 N–H and O–H groups in total. The van der Waals surface area contributed by atoms with Gasteiger partial charge in [-0.05, 0) is 87.1 Å². The van der Waals surface area contributed by atoms with E-state index in [2.05, 4.69) is 61.8 Å². The third-order valence-corrected chi connectivity index (χ3v) is 6.84. The summed E-state index contributed by atoms with van der Waals surface area (Å²) in [5.74, 6) is 1.10. The van der Waals surface area contributed by atoms with E-state index in [0.717, 1.165) is 76.8 Å². The predicted molar refractivity (Wildman–Crippen MR) is 173 cm³/mol. The van der Waals surface area contributed by atoms with Crippen LogP contribution in [0, 0.1) is 0 Å². The van der Waals surface area contributed by atoms with Gasteiger partial charge in [0.15, 0.2) is 5.82 Å². The fraction of sp³-hybridized carbons (Fsp3) is 0.424. The maximum Gasteiger partial charge on any atom is 0.229 e. The average molecular weight is 565 g/mol. The monoisotopic (exact) mass is 564 g/mol. The molecular weight excluding hydrogens is 516 g/mol. The molecule has 0 saturated carbocycles. The number of thioether (sulfide) groups is 1.